The Morgan fingerprint density at radius 3 is 2.25 bits per heavy atom. The maximum absolute atomic E-state index is 12.9. The Kier molecular flexibility index (Phi) is 5.58. The zero-order chi connectivity index (χ0) is 19.3. The number of ether oxygens (including phenoxy) is 1. The predicted molar refractivity (Wildman–Crippen MR) is 115 cm³/mol. The van der Waals surface area contributed by atoms with Gasteiger partial charge in [0.1, 0.15) is 5.75 Å². The van der Waals surface area contributed by atoms with Crippen molar-refractivity contribution >= 4 is 27.9 Å². The van der Waals surface area contributed by atoms with Gasteiger partial charge in [0.25, 0.3) is 5.91 Å². The molecule has 1 fully saturated rings. The number of para-hydroxylation sites is 1. The van der Waals surface area contributed by atoms with Gasteiger partial charge in [-0.1, -0.05) is 94.8 Å². The lowest BCUT2D eigenvalue weighted by atomic mass is 9.95. The van der Waals surface area contributed by atoms with Crippen molar-refractivity contribution in [2.45, 2.75) is 18.7 Å². The zero-order valence-corrected chi connectivity index (χ0v) is 16.8. The highest BCUT2D eigenvalue weighted by molar-refractivity contribution is 9.10. The first-order chi connectivity index (χ1) is 13.7. The first-order valence-electron chi connectivity index (χ1n) is 9.21. The predicted octanol–water partition coefficient (Wildman–Crippen LogP) is 5.32. The molecule has 0 saturated carbocycles. The Bertz CT molecular complexity index is 972. The average molecular weight is 434 g/mol. The van der Waals surface area contributed by atoms with Crippen molar-refractivity contribution in [1.29, 1.82) is 0 Å². The summed E-state index contributed by atoms with van der Waals surface area (Å²) in [6.45, 7) is 0.540. The van der Waals surface area contributed by atoms with Gasteiger partial charge < -0.3 is 9.64 Å². The van der Waals surface area contributed by atoms with E-state index in [2.05, 4.69) is 22.0 Å². The number of rotatable bonds is 6. The van der Waals surface area contributed by atoms with Gasteiger partial charge in [0.15, 0.2) is 0 Å². The molecule has 1 heterocycles. The lowest BCUT2D eigenvalue weighted by molar-refractivity contribution is -0.160. The number of carbonyl (C=O) groups is 1. The van der Waals surface area contributed by atoms with Gasteiger partial charge in [0.05, 0.1) is 6.04 Å². The largest absolute Gasteiger partial charge is 0.478 e. The fourth-order valence-electron chi connectivity index (χ4n) is 3.28. The number of benzene rings is 3. The number of β-lactam (4-membered cyclic amide) rings is 1. The average Bonchev–Trinajstić information content (AvgIpc) is 2.74. The van der Waals surface area contributed by atoms with E-state index >= 15 is 0 Å². The summed E-state index contributed by atoms with van der Waals surface area (Å²) in [5.74, 6) is 0.710. The van der Waals surface area contributed by atoms with Crippen LogP contribution in [0.1, 0.15) is 11.1 Å². The van der Waals surface area contributed by atoms with E-state index < -0.39 is 6.10 Å². The molecule has 0 aromatic heterocycles. The van der Waals surface area contributed by atoms with E-state index in [4.69, 9.17) is 4.74 Å². The van der Waals surface area contributed by atoms with E-state index in [-0.39, 0.29) is 11.9 Å². The molecular weight excluding hydrogens is 414 g/mol. The summed E-state index contributed by atoms with van der Waals surface area (Å²) in [7, 11) is 0. The number of likely N-dealkylation sites (tertiary alicyclic amines) is 1. The third kappa shape index (κ3) is 4.02. The van der Waals surface area contributed by atoms with E-state index in [0.29, 0.717) is 12.3 Å². The molecule has 1 aliphatic heterocycles. The van der Waals surface area contributed by atoms with Crippen LogP contribution in [0.3, 0.4) is 0 Å². The molecule has 3 nitrogen and oxygen atoms in total. The second-order valence-corrected chi connectivity index (χ2v) is 7.52. The van der Waals surface area contributed by atoms with Crippen LogP contribution >= 0.6 is 15.9 Å². The maximum atomic E-state index is 12.9. The SMILES string of the molecule is O=C1[C@H](Oc2ccccc2)[C@H](/C=C/c2ccccc2)N1Cc1ccccc1Br. The molecule has 0 aliphatic carbocycles. The molecule has 0 unspecified atom stereocenters. The Morgan fingerprint density at radius 2 is 1.54 bits per heavy atom. The highest BCUT2D eigenvalue weighted by atomic mass is 79.9. The third-order valence-electron chi connectivity index (χ3n) is 4.79. The molecule has 0 bridgehead atoms. The molecule has 0 spiro atoms. The van der Waals surface area contributed by atoms with E-state index in [9.17, 15) is 4.79 Å². The van der Waals surface area contributed by atoms with Crippen LogP contribution in [0.4, 0.5) is 0 Å². The third-order valence-corrected chi connectivity index (χ3v) is 5.56. The molecule has 28 heavy (non-hydrogen) atoms. The van der Waals surface area contributed by atoms with Crippen LogP contribution in [-0.4, -0.2) is 23.0 Å². The van der Waals surface area contributed by atoms with E-state index in [1.165, 1.54) is 0 Å². The molecule has 1 amide bonds. The number of amides is 1. The quantitative estimate of drug-likeness (QED) is 0.492. The van der Waals surface area contributed by atoms with E-state index in [1.807, 2.05) is 95.9 Å². The van der Waals surface area contributed by atoms with Crippen molar-refractivity contribution in [3.8, 4) is 5.75 Å². The molecule has 3 aromatic rings. The normalized spacial score (nSPS) is 18.9. The topological polar surface area (TPSA) is 29.5 Å². The van der Waals surface area contributed by atoms with Gasteiger partial charge in [-0.3, -0.25) is 4.79 Å². The lowest BCUT2D eigenvalue weighted by Gasteiger charge is -2.45. The number of carbonyl (C=O) groups excluding carboxylic acids is 1. The van der Waals surface area contributed by atoms with Gasteiger partial charge in [0.2, 0.25) is 6.10 Å². The lowest BCUT2D eigenvalue weighted by Crippen LogP contribution is -2.65. The van der Waals surface area contributed by atoms with Crippen molar-refractivity contribution in [3.05, 3.63) is 107 Å². The molecular formula is C24H20BrNO2. The Hall–Kier alpha value is -2.85. The van der Waals surface area contributed by atoms with Crippen molar-refractivity contribution in [3.63, 3.8) is 0 Å². The second kappa shape index (κ2) is 8.44. The molecule has 4 rings (SSSR count). The van der Waals surface area contributed by atoms with Gasteiger partial charge in [-0.25, -0.2) is 0 Å². The number of nitrogens with zero attached hydrogens (tertiary/aromatic N) is 1. The number of hydrogen-bond acceptors (Lipinski definition) is 2. The van der Waals surface area contributed by atoms with Crippen molar-refractivity contribution in [2.75, 3.05) is 0 Å². The standard InChI is InChI=1S/C24H20BrNO2/c25-21-14-8-7-11-19(21)17-26-22(16-15-18-9-3-1-4-10-18)23(24(26)27)28-20-12-5-2-6-13-20/h1-16,22-23H,17H2/b16-15+/t22-,23+/m0/s1. The van der Waals surface area contributed by atoms with E-state index in [0.717, 1.165) is 15.6 Å². The minimum Gasteiger partial charge on any atom is -0.478 e. The summed E-state index contributed by atoms with van der Waals surface area (Å²) in [5.41, 5.74) is 2.17. The van der Waals surface area contributed by atoms with Crippen LogP contribution in [0.25, 0.3) is 6.08 Å². The Labute approximate surface area is 173 Å². The highest BCUT2D eigenvalue weighted by Crippen LogP contribution is 2.30. The van der Waals surface area contributed by atoms with Crippen LogP contribution in [0, 0.1) is 0 Å². The molecule has 1 saturated heterocycles. The second-order valence-electron chi connectivity index (χ2n) is 6.67. The van der Waals surface area contributed by atoms with Gasteiger partial charge in [0, 0.05) is 11.0 Å². The number of halogens is 1. The summed E-state index contributed by atoms with van der Waals surface area (Å²) in [5, 5.41) is 0. The van der Waals surface area contributed by atoms with Crippen LogP contribution in [0.2, 0.25) is 0 Å². The van der Waals surface area contributed by atoms with Crippen LogP contribution in [-0.2, 0) is 11.3 Å². The zero-order valence-electron chi connectivity index (χ0n) is 15.2. The molecule has 2 atom stereocenters. The first kappa shape index (κ1) is 18.5. The first-order valence-corrected chi connectivity index (χ1v) is 10.0. The fourth-order valence-corrected chi connectivity index (χ4v) is 3.69. The monoisotopic (exact) mass is 433 g/mol. The number of hydrogen-bond donors (Lipinski definition) is 0. The van der Waals surface area contributed by atoms with Gasteiger partial charge >= 0.3 is 0 Å². The molecule has 0 radical (unpaired) electrons. The van der Waals surface area contributed by atoms with Gasteiger partial charge in [-0.2, -0.15) is 0 Å². The van der Waals surface area contributed by atoms with Crippen molar-refractivity contribution < 1.29 is 9.53 Å². The molecule has 140 valence electrons. The van der Waals surface area contributed by atoms with Crippen LogP contribution in [0.5, 0.6) is 5.75 Å². The van der Waals surface area contributed by atoms with E-state index in [1.54, 1.807) is 0 Å². The minimum atomic E-state index is -0.509. The maximum Gasteiger partial charge on any atom is 0.267 e. The van der Waals surface area contributed by atoms with Crippen LogP contribution < -0.4 is 4.74 Å². The van der Waals surface area contributed by atoms with Crippen molar-refractivity contribution in [2.24, 2.45) is 0 Å². The van der Waals surface area contributed by atoms with Gasteiger partial charge in [-0.15, -0.1) is 0 Å². The summed E-state index contributed by atoms with van der Waals surface area (Å²) < 4.78 is 7.01. The van der Waals surface area contributed by atoms with Gasteiger partial charge in [-0.05, 0) is 29.3 Å². The Morgan fingerprint density at radius 1 is 0.893 bits per heavy atom. The fraction of sp³-hybridized carbons (Fsp3) is 0.125. The molecule has 3 aromatic carbocycles. The summed E-state index contributed by atoms with van der Waals surface area (Å²) in [6, 6.07) is 27.4. The van der Waals surface area contributed by atoms with Crippen molar-refractivity contribution in [1.82, 2.24) is 4.90 Å². The summed E-state index contributed by atoms with van der Waals surface area (Å²) in [4.78, 5) is 14.7. The molecule has 0 N–H and O–H groups in total. The molecule has 4 heteroatoms. The smallest absolute Gasteiger partial charge is 0.267 e. The minimum absolute atomic E-state index is 0.00215. The molecule has 1 aliphatic rings. The summed E-state index contributed by atoms with van der Waals surface area (Å²) in [6.07, 6.45) is 3.59. The highest BCUT2D eigenvalue weighted by Gasteiger charge is 2.47. The Balaban J connectivity index is 1.57. The summed E-state index contributed by atoms with van der Waals surface area (Å²) >= 11 is 3.58. The van der Waals surface area contributed by atoms with Crippen LogP contribution in [0.15, 0.2) is 95.5 Å².